The summed E-state index contributed by atoms with van der Waals surface area (Å²) >= 11 is 0. The van der Waals surface area contributed by atoms with Crippen LogP contribution in [0.4, 0.5) is 10.1 Å². The van der Waals surface area contributed by atoms with E-state index in [0.29, 0.717) is 12.0 Å². The minimum absolute atomic E-state index is 0.0165. The minimum atomic E-state index is -0.909. The Bertz CT molecular complexity index is 978. The van der Waals surface area contributed by atoms with Crippen molar-refractivity contribution in [3.63, 3.8) is 0 Å². The molecule has 0 atom stereocenters. The van der Waals surface area contributed by atoms with E-state index in [4.69, 9.17) is 5.11 Å². The van der Waals surface area contributed by atoms with Gasteiger partial charge >= 0.3 is 5.97 Å². The number of carbonyl (C=O) groups excluding carboxylic acids is 2. The molecule has 0 bridgehead atoms. The molecule has 0 saturated carbocycles. The molecule has 0 saturated heterocycles. The van der Waals surface area contributed by atoms with Crippen LogP contribution in [0.2, 0.25) is 0 Å². The van der Waals surface area contributed by atoms with E-state index >= 15 is 0 Å². The van der Waals surface area contributed by atoms with Crippen LogP contribution in [0, 0.1) is 5.82 Å². The predicted octanol–water partition coefficient (Wildman–Crippen LogP) is 3.16. The molecule has 0 fully saturated rings. The number of halogens is 1. The number of hydrogen-bond acceptors (Lipinski definition) is 4. The monoisotopic (exact) mass is 369 g/mol. The van der Waals surface area contributed by atoms with Crippen molar-refractivity contribution >= 4 is 34.8 Å². The van der Waals surface area contributed by atoms with Crippen LogP contribution < -0.4 is 4.90 Å². The average Bonchev–Trinajstić information content (AvgIpc) is 2.90. The summed E-state index contributed by atoms with van der Waals surface area (Å²) in [4.78, 5) is 36.0. The lowest BCUT2D eigenvalue weighted by molar-refractivity contribution is -0.137. The van der Waals surface area contributed by atoms with E-state index in [2.05, 4.69) is 0 Å². The highest BCUT2D eigenvalue weighted by Crippen LogP contribution is 2.40. The van der Waals surface area contributed by atoms with Crippen LogP contribution in [0.25, 0.3) is 11.3 Å². The number of carbonyl (C=O) groups is 3. The average molecular weight is 369 g/mol. The number of fused-ring (bicyclic) bond motifs is 1. The summed E-state index contributed by atoms with van der Waals surface area (Å²) < 4.78 is 13.6. The normalized spacial score (nSPS) is 14.9. The van der Waals surface area contributed by atoms with E-state index < -0.39 is 23.6 Å². The second-order valence-electron chi connectivity index (χ2n) is 6.14. The van der Waals surface area contributed by atoms with Gasteiger partial charge in [-0.15, -0.1) is 0 Å². The third-order valence-electron chi connectivity index (χ3n) is 4.29. The Morgan fingerprint density at radius 2 is 1.74 bits per heavy atom. The summed E-state index contributed by atoms with van der Waals surface area (Å²) in [6, 6.07) is 10.0. The number of carboxylic acid groups (broad SMARTS) is 1. The van der Waals surface area contributed by atoms with E-state index in [1.54, 1.807) is 24.3 Å². The maximum Gasteiger partial charge on any atom is 0.303 e. The molecule has 27 heavy (non-hydrogen) atoms. The Morgan fingerprint density at radius 3 is 2.33 bits per heavy atom. The van der Waals surface area contributed by atoms with Crippen molar-refractivity contribution < 1.29 is 29.0 Å². The van der Waals surface area contributed by atoms with E-state index in [-0.39, 0.29) is 29.0 Å². The molecule has 0 unspecified atom stereocenters. The first-order valence-corrected chi connectivity index (χ1v) is 8.19. The summed E-state index contributed by atoms with van der Waals surface area (Å²) in [5.41, 5.74) is 1.37. The van der Waals surface area contributed by atoms with Crippen molar-refractivity contribution in [1.29, 1.82) is 0 Å². The fourth-order valence-electron chi connectivity index (χ4n) is 3.00. The summed E-state index contributed by atoms with van der Waals surface area (Å²) in [5.74, 6) is -3.15. The maximum absolute atomic E-state index is 13.6. The van der Waals surface area contributed by atoms with E-state index in [0.717, 1.165) is 22.6 Å². The fraction of sp³-hybridized carbons (Fsp3) is 0.150. The Kier molecular flexibility index (Phi) is 4.77. The molecular formula is C20H16FNO5. The van der Waals surface area contributed by atoms with Crippen molar-refractivity contribution in [3.05, 3.63) is 65.0 Å². The SMILES string of the molecule is CC(=O)N1C(=O)/C(=C(/O)c2ccc(CCC(=O)O)cc2)c2ccc(F)cc21. The summed E-state index contributed by atoms with van der Waals surface area (Å²) in [5, 5.41) is 19.4. The van der Waals surface area contributed by atoms with E-state index in [1.165, 1.54) is 13.0 Å². The molecule has 138 valence electrons. The number of aliphatic hydroxyl groups excluding tert-OH is 1. The second kappa shape index (κ2) is 7.03. The van der Waals surface area contributed by atoms with Gasteiger partial charge in [0, 0.05) is 24.5 Å². The predicted molar refractivity (Wildman–Crippen MR) is 96.4 cm³/mol. The zero-order chi connectivity index (χ0) is 19.7. The number of imide groups is 1. The molecule has 2 aromatic rings. The van der Waals surface area contributed by atoms with E-state index in [9.17, 15) is 23.9 Å². The number of hydrogen-bond donors (Lipinski definition) is 2. The molecule has 6 nitrogen and oxygen atoms in total. The Labute approximate surface area is 154 Å². The molecule has 0 radical (unpaired) electrons. The number of aliphatic hydroxyl groups is 1. The van der Waals surface area contributed by atoms with Crippen molar-refractivity contribution in [2.45, 2.75) is 19.8 Å². The molecule has 1 heterocycles. The molecule has 0 aromatic heterocycles. The number of aryl methyl sites for hydroxylation is 1. The van der Waals surface area contributed by atoms with Gasteiger partial charge in [-0.05, 0) is 30.2 Å². The Hall–Kier alpha value is -3.48. The molecule has 7 heteroatoms. The Morgan fingerprint density at radius 1 is 1.07 bits per heavy atom. The topological polar surface area (TPSA) is 94.9 Å². The third-order valence-corrected chi connectivity index (χ3v) is 4.29. The van der Waals surface area contributed by atoms with Gasteiger partial charge in [0.05, 0.1) is 11.3 Å². The van der Waals surface area contributed by atoms with Crippen LogP contribution in [0.5, 0.6) is 0 Å². The highest BCUT2D eigenvalue weighted by atomic mass is 19.1. The van der Waals surface area contributed by atoms with Gasteiger partial charge in [-0.2, -0.15) is 0 Å². The zero-order valence-corrected chi connectivity index (χ0v) is 14.4. The molecule has 2 amide bonds. The van der Waals surface area contributed by atoms with Crippen LogP contribution in [-0.2, 0) is 20.8 Å². The Balaban J connectivity index is 2.03. The zero-order valence-electron chi connectivity index (χ0n) is 14.4. The fourth-order valence-corrected chi connectivity index (χ4v) is 3.00. The van der Waals surface area contributed by atoms with Crippen molar-refractivity contribution in [2.24, 2.45) is 0 Å². The molecule has 2 aromatic carbocycles. The number of rotatable bonds is 4. The molecular weight excluding hydrogens is 353 g/mol. The molecule has 1 aliphatic rings. The van der Waals surface area contributed by atoms with Crippen LogP contribution in [0.1, 0.15) is 30.0 Å². The lowest BCUT2D eigenvalue weighted by Gasteiger charge is -2.12. The van der Waals surface area contributed by atoms with Crippen molar-refractivity contribution in [3.8, 4) is 0 Å². The van der Waals surface area contributed by atoms with Gasteiger partial charge in [-0.3, -0.25) is 14.4 Å². The standard InChI is InChI=1S/C20H16FNO5/c1-11(23)22-16-10-14(21)7-8-15(16)18(20(22)27)19(26)13-5-2-12(3-6-13)4-9-17(24)25/h2-3,5-8,10,26H,4,9H2,1H3,(H,24,25)/b19-18+. The molecule has 0 spiro atoms. The molecule has 0 aliphatic carbocycles. The number of anilines is 1. The van der Waals surface area contributed by atoms with Crippen LogP contribution in [0.3, 0.4) is 0 Å². The van der Waals surface area contributed by atoms with Gasteiger partial charge in [0.1, 0.15) is 11.6 Å². The first kappa shape index (κ1) is 18.3. The van der Waals surface area contributed by atoms with E-state index in [1.807, 2.05) is 0 Å². The number of nitrogens with zero attached hydrogens (tertiary/aromatic N) is 1. The molecule has 3 rings (SSSR count). The first-order chi connectivity index (χ1) is 12.8. The summed E-state index contributed by atoms with van der Waals surface area (Å²) in [7, 11) is 0. The first-order valence-electron chi connectivity index (χ1n) is 8.19. The molecule has 2 N–H and O–H groups in total. The molecule has 1 aliphatic heterocycles. The van der Waals surface area contributed by atoms with Crippen molar-refractivity contribution in [1.82, 2.24) is 0 Å². The summed E-state index contributed by atoms with van der Waals surface area (Å²) in [6.07, 6.45) is 0.323. The van der Waals surface area contributed by atoms with Crippen LogP contribution >= 0.6 is 0 Å². The quantitative estimate of drug-likeness (QED) is 0.638. The second-order valence-corrected chi connectivity index (χ2v) is 6.14. The van der Waals surface area contributed by atoms with Gasteiger partial charge < -0.3 is 10.2 Å². The highest BCUT2D eigenvalue weighted by molar-refractivity contribution is 6.42. The van der Waals surface area contributed by atoms with Gasteiger partial charge in [0.25, 0.3) is 5.91 Å². The number of benzene rings is 2. The van der Waals surface area contributed by atoms with Gasteiger partial charge in [-0.25, -0.2) is 9.29 Å². The number of aliphatic carboxylic acids is 1. The lowest BCUT2D eigenvalue weighted by Crippen LogP contribution is -2.31. The summed E-state index contributed by atoms with van der Waals surface area (Å²) in [6.45, 7) is 1.18. The van der Waals surface area contributed by atoms with Gasteiger partial charge in [-0.1, -0.05) is 24.3 Å². The number of carboxylic acids is 1. The van der Waals surface area contributed by atoms with Gasteiger partial charge in [0.15, 0.2) is 0 Å². The smallest absolute Gasteiger partial charge is 0.303 e. The largest absolute Gasteiger partial charge is 0.506 e. The van der Waals surface area contributed by atoms with Gasteiger partial charge in [0.2, 0.25) is 5.91 Å². The maximum atomic E-state index is 13.6. The lowest BCUT2D eigenvalue weighted by atomic mass is 10.0. The highest BCUT2D eigenvalue weighted by Gasteiger charge is 2.38. The third kappa shape index (κ3) is 3.44. The van der Waals surface area contributed by atoms with Crippen LogP contribution in [-0.4, -0.2) is 28.0 Å². The number of amides is 2. The minimum Gasteiger partial charge on any atom is -0.506 e. The van der Waals surface area contributed by atoms with Crippen LogP contribution in [0.15, 0.2) is 42.5 Å². The van der Waals surface area contributed by atoms with Crippen molar-refractivity contribution in [2.75, 3.05) is 4.90 Å².